The van der Waals surface area contributed by atoms with Gasteiger partial charge in [0, 0.05) is 18.7 Å². The molecular weight excluding hydrogens is 288 g/mol. The van der Waals surface area contributed by atoms with Crippen LogP contribution in [0.4, 0.5) is 8.78 Å². The van der Waals surface area contributed by atoms with E-state index in [0.29, 0.717) is 13.2 Å². The molecule has 2 rings (SSSR count). The van der Waals surface area contributed by atoms with E-state index in [1.807, 2.05) is 31.2 Å². The van der Waals surface area contributed by atoms with Crippen molar-refractivity contribution >= 4 is 5.91 Å². The Morgan fingerprint density at radius 3 is 2.45 bits per heavy atom. The molecule has 5 heteroatoms. The fraction of sp³-hybridized carbons (Fsp3) is 0.235. The van der Waals surface area contributed by atoms with E-state index in [4.69, 9.17) is 4.74 Å². The Kier molecular flexibility index (Phi) is 5.09. The number of carbonyl (C=O) groups excluding carboxylic acids is 1. The first-order valence-electron chi connectivity index (χ1n) is 6.87. The van der Waals surface area contributed by atoms with Gasteiger partial charge >= 0.3 is 0 Å². The monoisotopic (exact) mass is 305 g/mol. The minimum Gasteiger partial charge on any atom is -0.492 e. The predicted molar refractivity (Wildman–Crippen MR) is 80.0 cm³/mol. The number of aryl methyl sites for hydroxylation is 1. The van der Waals surface area contributed by atoms with Crippen LogP contribution in [0.3, 0.4) is 0 Å². The molecule has 0 aliphatic heterocycles. The van der Waals surface area contributed by atoms with Gasteiger partial charge in [-0.15, -0.1) is 0 Å². The number of hydrogen-bond acceptors (Lipinski definition) is 2. The molecule has 0 bridgehead atoms. The molecule has 22 heavy (non-hydrogen) atoms. The molecule has 2 aromatic rings. The number of amides is 1. The average Bonchev–Trinajstić information content (AvgIpc) is 2.45. The van der Waals surface area contributed by atoms with Crippen LogP contribution in [0, 0.1) is 18.6 Å². The number of nitrogens with zero attached hydrogens (tertiary/aromatic N) is 1. The zero-order chi connectivity index (χ0) is 16.1. The number of benzene rings is 2. The van der Waals surface area contributed by atoms with E-state index in [1.54, 1.807) is 7.05 Å². The molecule has 0 atom stereocenters. The van der Waals surface area contributed by atoms with E-state index in [1.165, 1.54) is 4.90 Å². The van der Waals surface area contributed by atoms with Crippen LogP contribution >= 0.6 is 0 Å². The third-order valence-electron chi connectivity index (χ3n) is 3.14. The largest absolute Gasteiger partial charge is 0.492 e. The summed E-state index contributed by atoms with van der Waals surface area (Å²) in [5, 5.41) is 0. The van der Waals surface area contributed by atoms with Crippen LogP contribution in [0.1, 0.15) is 15.9 Å². The average molecular weight is 305 g/mol. The summed E-state index contributed by atoms with van der Waals surface area (Å²) in [5.74, 6) is -1.27. The summed E-state index contributed by atoms with van der Waals surface area (Å²) < 4.78 is 31.8. The van der Waals surface area contributed by atoms with Crippen LogP contribution in [-0.4, -0.2) is 31.0 Å². The van der Waals surface area contributed by atoms with Crippen molar-refractivity contribution in [2.45, 2.75) is 6.92 Å². The van der Waals surface area contributed by atoms with Gasteiger partial charge in [-0.3, -0.25) is 4.79 Å². The zero-order valence-corrected chi connectivity index (χ0v) is 12.5. The summed E-state index contributed by atoms with van der Waals surface area (Å²) in [7, 11) is 1.56. The van der Waals surface area contributed by atoms with E-state index in [9.17, 15) is 13.6 Å². The molecule has 0 fully saturated rings. The standard InChI is InChI=1S/C17H17F2NO2/c1-12-4-3-5-16(8-12)22-7-6-20(2)17(21)13-9-14(18)11-15(19)10-13/h3-5,8-11H,6-7H2,1-2H3. The number of hydrogen-bond donors (Lipinski definition) is 0. The minimum absolute atomic E-state index is 0.0180. The van der Waals surface area contributed by atoms with Gasteiger partial charge in [0.05, 0.1) is 6.54 Å². The second-order valence-corrected chi connectivity index (χ2v) is 5.05. The normalized spacial score (nSPS) is 10.4. The van der Waals surface area contributed by atoms with Gasteiger partial charge in [-0.1, -0.05) is 12.1 Å². The van der Waals surface area contributed by atoms with Gasteiger partial charge in [-0.2, -0.15) is 0 Å². The Hall–Kier alpha value is -2.43. The Bertz CT molecular complexity index is 653. The van der Waals surface area contributed by atoms with Gasteiger partial charge in [-0.25, -0.2) is 8.78 Å². The van der Waals surface area contributed by atoms with Crippen molar-refractivity contribution in [1.29, 1.82) is 0 Å². The second kappa shape index (κ2) is 7.02. The Morgan fingerprint density at radius 1 is 1.14 bits per heavy atom. The van der Waals surface area contributed by atoms with Crippen molar-refractivity contribution in [2.75, 3.05) is 20.2 Å². The number of halogens is 2. The summed E-state index contributed by atoms with van der Waals surface area (Å²) >= 11 is 0. The predicted octanol–water partition coefficient (Wildman–Crippen LogP) is 3.42. The molecule has 0 unspecified atom stereocenters. The van der Waals surface area contributed by atoms with Crippen LogP contribution in [0.5, 0.6) is 5.75 Å². The van der Waals surface area contributed by atoms with E-state index in [2.05, 4.69) is 0 Å². The molecule has 0 saturated carbocycles. The van der Waals surface area contributed by atoms with E-state index in [-0.39, 0.29) is 5.56 Å². The summed E-state index contributed by atoms with van der Waals surface area (Å²) in [6.45, 7) is 2.56. The van der Waals surface area contributed by atoms with Crippen molar-refractivity contribution in [1.82, 2.24) is 4.90 Å². The molecule has 0 aromatic heterocycles. The van der Waals surface area contributed by atoms with Gasteiger partial charge in [0.2, 0.25) is 0 Å². The maximum atomic E-state index is 13.1. The van der Waals surface area contributed by atoms with Crippen molar-refractivity contribution < 1.29 is 18.3 Å². The quantitative estimate of drug-likeness (QED) is 0.847. The number of rotatable bonds is 5. The number of carbonyl (C=O) groups is 1. The lowest BCUT2D eigenvalue weighted by atomic mass is 10.2. The molecule has 0 aliphatic carbocycles. The third-order valence-corrected chi connectivity index (χ3v) is 3.14. The van der Waals surface area contributed by atoms with Gasteiger partial charge in [0.15, 0.2) is 0 Å². The van der Waals surface area contributed by atoms with E-state index < -0.39 is 17.5 Å². The smallest absolute Gasteiger partial charge is 0.253 e. The summed E-state index contributed by atoms with van der Waals surface area (Å²) in [4.78, 5) is 13.4. The highest BCUT2D eigenvalue weighted by Gasteiger charge is 2.14. The first-order chi connectivity index (χ1) is 10.5. The molecule has 0 spiro atoms. The van der Waals surface area contributed by atoms with Crippen molar-refractivity contribution in [2.24, 2.45) is 0 Å². The molecule has 0 N–H and O–H groups in total. The maximum absolute atomic E-state index is 13.1. The van der Waals surface area contributed by atoms with E-state index in [0.717, 1.165) is 29.5 Å². The third kappa shape index (κ3) is 4.28. The molecule has 1 amide bonds. The van der Waals surface area contributed by atoms with Crippen LogP contribution in [-0.2, 0) is 0 Å². The van der Waals surface area contributed by atoms with E-state index >= 15 is 0 Å². The molecule has 0 heterocycles. The molecule has 3 nitrogen and oxygen atoms in total. The molecule has 0 aliphatic rings. The lowest BCUT2D eigenvalue weighted by molar-refractivity contribution is 0.0772. The Labute approximate surface area is 128 Å². The van der Waals surface area contributed by atoms with Crippen molar-refractivity contribution in [3.63, 3.8) is 0 Å². The zero-order valence-electron chi connectivity index (χ0n) is 12.5. The number of likely N-dealkylation sites (N-methyl/N-ethyl adjacent to an activating group) is 1. The van der Waals surface area contributed by atoms with Crippen molar-refractivity contribution in [3.8, 4) is 5.75 Å². The fourth-order valence-electron chi connectivity index (χ4n) is 2.00. The van der Waals surface area contributed by atoms with Crippen LogP contribution in [0.2, 0.25) is 0 Å². The topological polar surface area (TPSA) is 29.5 Å². The van der Waals surface area contributed by atoms with Gasteiger partial charge in [0.1, 0.15) is 24.0 Å². The van der Waals surface area contributed by atoms with Crippen molar-refractivity contribution in [3.05, 3.63) is 65.2 Å². The van der Waals surface area contributed by atoms with Gasteiger partial charge in [-0.05, 0) is 36.8 Å². The lowest BCUT2D eigenvalue weighted by Gasteiger charge is -2.17. The second-order valence-electron chi connectivity index (χ2n) is 5.05. The highest BCUT2D eigenvalue weighted by atomic mass is 19.1. The Balaban J connectivity index is 1.91. The highest BCUT2D eigenvalue weighted by molar-refractivity contribution is 5.94. The minimum atomic E-state index is -0.771. The highest BCUT2D eigenvalue weighted by Crippen LogP contribution is 2.13. The van der Waals surface area contributed by atoms with Crippen LogP contribution in [0.15, 0.2) is 42.5 Å². The molecule has 116 valence electrons. The number of ether oxygens (including phenoxy) is 1. The summed E-state index contributed by atoms with van der Waals surface area (Å²) in [5.41, 5.74) is 1.06. The van der Waals surface area contributed by atoms with Gasteiger partial charge in [0.25, 0.3) is 5.91 Å². The lowest BCUT2D eigenvalue weighted by Crippen LogP contribution is -2.31. The molecule has 0 radical (unpaired) electrons. The van der Waals surface area contributed by atoms with Crippen LogP contribution in [0.25, 0.3) is 0 Å². The molecular formula is C17H17F2NO2. The fourth-order valence-corrected chi connectivity index (χ4v) is 2.00. The first-order valence-corrected chi connectivity index (χ1v) is 6.87. The SMILES string of the molecule is Cc1cccc(OCCN(C)C(=O)c2cc(F)cc(F)c2)c1. The van der Waals surface area contributed by atoms with Gasteiger partial charge < -0.3 is 9.64 Å². The molecule has 0 saturated heterocycles. The van der Waals surface area contributed by atoms with Crippen LogP contribution < -0.4 is 4.74 Å². The maximum Gasteiger partial charge on any atom is 0.253 e. The Morgan fingerprint density at radius 2 is 1.82 bits per heavy atom. The summed E-state index contributed by atoms with van der Waals surface area (Å²) in [6.07, 6.45) is 0. The summed E-state index contributed by atoms with van der Waals surface area (Å²) in [6, 6.07) is 10.3. The first kappa shape index (κ1) is 15.9. The molecule has 2 aromatic carbocycles.